The predicted molar refractivity (Wildman–Crippen MR) is 112 cm³/mol. The molecule has 0 spiro atoms. The third-order valence-electron chi connectivity index (χ3n) is 4.94. The van der Waals surface area contributed by atoms with Gasteiger partial charge in [0.05, 0.1) is 11.4 Å². The number of carbonyl (C=O) groups excluding carboxylic acids is 1. The summed E-state index contributed by atoms with van der Waals surface area (Å²) < 4.78 is 0. The number of nitrogens with one attached hydrogen (secondary N) is 1. The quantitative estimate of drug-likeness (QED) is 0.618. The summed E-state index contributed by atoms with van der Waals surface area (Å²) in [6.45, 7) is 3.98. The number of amides is 1. The van der Waals surface area contributed by atoms with Crippen LogP contribution < -0.4 is 5.32 Å². The highest BCUT2D eigenvalue weighted by atomic mass is 16.3. The van der Waals surface area contributed by atoms with Crippen LogP contribution in [-0.4, -0.2) is 26.1 Å². The fraction of sp³-hybridized carbons (Fsp3) is 0.261. The number of aryl methyl sites for hydroxylation is 2. The molecule has 148 valence electrons. The van der Waals surface area contributed by atoms with Gasteiger partial charge in [-0.15, -0.1) is 0 Å². The number of benzene rings is 2. The Labute approximate surface area is 169 Å². The number of nitrogens with zero attached hydrogens (tertiary/aromatic N) is 2. The number of phenolic OH excluding ortho intramolecular Hbond substituents is 2. The van der Waals surface area contributed by atoms with Crippen LogP contribution >= 0.6 is 0 Å². The lowest BCUT2D eigenvalue weighted by Crippen LogP contribution is -2.18. The first kappa shape index (κ1) is 18.9. The number of phenols is 2. The molecule has 6 nitrogen and oxygen atoms in total. The topological polar surface area (TPSA) is 95.3 Å². The maximum absolute atomic E-state index is 12.4. The van der Waals surface area contributed by atoms with Gasteiger partial charge in [0.15, 0.2) is 5.82 Å². The lowest BCUT2D eigenvalue weighted by molar-refractivity contribution is -0.116. The standard InChI is InChI=1S/C23H23N3O3/c1-13(2)11-20(29)25-23-21(14-3-6-16(27)7-4-14)26-22-18-9-8-17(28)12-15(18)5-10-19(22)24-23/h3-4,6-9,12-13,27-28H,5,10-11H2,1-2H3,(H,24,25,29). The van der Waals surface area contributed by atoms with Crippen LogP contribution in [0.25, 0.3) is 22.5 Å². The number of hydrogen-bond donors (Lipinski definition) is 3. The number of fused-ring (bicyclic) bond motifs is 3. The molecule has 1 amide bonds. The summed E-state index contributed by atoms with van der Waals surface area (Å²) in [7, 11) is 0. The van der Waals surface area contributed by atoms with E-state index in [0.29, 0.717) is 24.4 Å². The highest BCUT2D eigenvalue weighted by Crippen LogP contribution is 2.37. The summed E-state index contributed by atoms with van der Waals surface area (Å²) in [6.07, 6.45) is 1.83. The van der Waals surface area contributed by atoms with Crippen molar-refractivity contribution in [2.45, 2.75) is 33.1 Å². The fourth-order valence-corrected chi connectivity index (χ4v) is 3.59. The van der Waals surface area contributed by atoms with Gasteiger partial charge in [-0.3, -0.25) is 4.79 Å². The zero-order valence-corrected chi connectivity index (χ0v) is 16.4. The van der Waals surface area contributed by atoms with Crippen molar-refractivity contribution in [2.24, 2.45) is 5.92 Å². The number of aromatic nitrogens is 2. The normalized spacial score (nSPS) is 12.4. The van der Waals surface area contributed by atoms with Gasteiger partial charge >= 0.3 is 0 Å². The van der Waals surface area contributed by atoms with E-state index in [4.69, 9.17) is 9.97 Å². The largest absolute Gasteiger partial charge is 0.508 e. The molecule has 6 heteroatoms. The Balaban J connectivity index is 1.84. The number of aromatic hydroxyl groups is 2. The third-order valence-corrected chi connectivity index (χ3v) is 4.94. The van der Waals surface area contributed by atoms with Gasteiger partial charge in [-0.1, -0.05) is 13.8 Å². The lowest BCUT2D eigenvalue weighted by Gasteiger charge is -2.21. The molecular formula is C23H23N3O3. The van der Waals surface area contributed by atoms with Gasteiger partial charge in [0.1, 0.15) is 17.2 Å². The lowest BCUT2D eigenvalue weighted by atomic mass is 9.91. The van der Waals surface area contributed by atoms with Crippen molar-refractivity contribution in [3.63, 3.8) is 0 Å². The Kier molecular flexibility index (Phi) is 4.92. The number of anilines is 1. The summed E-state index contributed by atoms with van der Waals surface area (Å²) in [6, 6.07) is 11.9. The zero-order chi connectivity index (χ0) is 20.5. The van der Waals surface area contributed by atoms with E-state index in [0.717, 1.165) is 34.5 Å². The van der Waals surface area contributed by atoms with Crippen LogP contribution in [0.5, 0.6) is 11.5 Å². The minimum atomic E-state index is -0.101. The van der Waals surface area contributed by atoms with Gasteiger partial charge in [-0.05, 0) is 66.8 Å². The molecular weight excluding hydrogens is 366 g/mol. The van der Waals surface area contributed by atoms with E-state index in [1.807, 2.05) is 19.9 Å². The highest BCUT2D eigenvalue weighted by Gasteiger charge is 2.23. The van der Waals surface area contributed by atoms with Crippen molar-refractivity contribution in [3.8, 4) is 34.0 Å². The molecule has 4 rings (SSSR count). The van der Waals surface area contributed by atoms with E-state index in [-0.39, 0.29) is 23.3 Å². The van der Waals surface area contributed by atoms with Crippen molar-refractivity contribution in [1.29, 1.82) is 0 Å². The number of hydrogen-bond acceptors (Lipinski definition) is 5. The average molecular weight is 389 g/mol. The second-order valence-corrected chi connectivity index (χ2v) is 7.75. The monoisotopic (exact) mass is 389 g/mol. The maximum Gasteiger partial charge on any atom is 0.225 e. The van der Waals surface area contributed by atoms with Crippen LogP contribution in [0, 0.1) is 5.92 Å². The first-order valence-electron chi connectivity index (χ1n) is 9.73. The van der Waals surface area contributed by atoms with Gasteiger partial charge in [-0.25, -0.2) is 9.97 Å². The molecule has 0 bridgehead atoms. The molecule has 0 saturated heterocycles. The van der Waals surface area contributed by atoms with Crippen LogP contribution in [-0.2, 0) is 17.6 Å². The van der Waals surface area contributed by atoms with Gasteiger partial charge < -0.3 is 15.5 Å². The second-order valence-electron chi connectivity index (χ2n) is 7.75. The summed E-state index contributed by atoms with van der Waals surface area (Å²) in [5, 5.41) is 22.4. The predicted octanol–water partition coefficient (Wildman–Crippen LogP) is 4.31. The van der Waals surface area contributed by atoms with Gasteiger partial charge in [-0.2, -0.15) is 0 Å². The molecule has 0 fully saturated rings. The van der Waals surface area contributed by atoms with Crippen LogP contribution in [0.15, 0.2) is 42.5 Å². The molecule has 0 unspecified atom stereocenters. The number of carbonyl (C=O) groups is 1. The van der Waals surface area contributed by atoms with Crippen LogP contribution in [0.4, 0.5) is 5.82 Å². The van der Waals surface area contributed by atoms with E-state index >= 15 is 0 Å². The molecule has 3 N–H and O–H groups in total. The van der Waals surface area contributed by atoms with E-state index in [9.17, 15) is 15.0 Å². The summed E-state index contributed by atoms with van der Waals surface area (Å²) in [5.74, 6) is 0.956. The van der Waals surface area contributed by atoms with E-state index in [2.05, 4.69) is 5.32 Å². The molecule has 0 atom stereocenters. The van der Waals surface area contributed by atoms with E-state index < -0.39 is 0 Å². The van der Waals surface area contributed by atoms with Gasteiger partial charge in [0.25, 0.3) is 0 Å². The Morgan fingerprint density at radius 3 is 2.45 bits per heavy atom. The third kappa shape index (κ3) is 3.92. The highest BCUT2D eigenvalue weighted by molar-refractivity contribution is 5.94. The molecule has 2 aromatic carbocycles. The average Bonchev–Trinajstić information content (AvgIpc) is 2.67. The minimum Gasteiger partial charge on any atom is -0.508 e. The molecule has 3 aromatic rings. The minimum absolute atomic E-state index is 0.101. The smallest absolute Gasteiger partial charge is 0.225 e. The molecule has 0 saturated carbocycles. The maximum atomic E-state index is 12.4. The Morgan fingerprint density at radius 2 is 1.72 bits per heavy atom. The molecule has 0 aliphatic heterocycles. The SMILES string of the molecule is CC(C)CC(=O)Nc1nc2c(nc1-c1ccc(O)cc1)-c1ccc(O)cc1CC2. The molecule has 29 heavy (non-hydrogen) atoms. The van der Waals surface area contributed by atoms with Crippen molar-refractivity contribution >= 4 is 11.7 Å². The summed E-state index contributed by atoms with van der Waals surface area (Å²) in [4.78, 5) is 22.1. The number of rotatable bonds is 4. The van der Waals surface area contributed by atoms with Crippen molar-refractivity contribution < 1.29 is 15.0 Å². The van der Waals surface area contributed by atoms with Crippen molar-refractivity contribution in [2.75, 3.05) is 5.32 Å². The molecule has 1 aliphatic rings. The Hall–Kier alpha value is -3.41. The Bertz CT molecular complexity index is 1080. The first-order valence-corrected chi connectivity index (χ1v) is 9.73. The Morgan fingerprint density at radius 1 is 1.00 bits per heavy atom. The molecule has 1 aromatic heterocycles. The zero-order valence-electron chi connectivity index (χ0n) is 16.4. The van der Waals surface area contributed by atoms with Crippen LogP contribution in [0.2, 0.25) is 0 Å². The summed E-state index contributed by atoms with van der Waals surface area (Å²) in [5.41, 5.74) is 4.86. The van der Waals surface area contributed by atoms with Crippen LogP contribution in [0.3, 0.4) is 0 Å². The second kappa shape index (κ2) is 7.54. The van der Waals surface area contributed by atoms with Crippen LogP contribution in [0.1, 0.15) is 31.5 Å². The molecule has 1 heterocycles. The summed E-state index contributed by atoms with van der Waals surface area (Å²) >= 11 is 0. The van der Waals surface area contributed by atoms with Crippen molar-refractivity contribution in [3.05, 3.63) is 53.7 Å². The van der Waals surface area contributed by atoms with Crippen molar-refractivity contribution in [1.82, 2.24) is 9.97 Å². The van der Waals surface area contributed by atoms with Gasteiger partial charge in [0, 0.05) is 17.5 Å². The van der Waals surface area contributed by atoms with Gasteiger partial charge in [0.2, 0.25) is 5.91 Å². The first-order chi connectivity index (χ1) is 13.9. The van der Waals surface area contributed by atoms with E-state index in [1.54, 1.807) is 36.4 Å². The molecule has 0 radical (unpaired) electrons. The van der Waals surface area contributed by atoms with E-state index in [1.165, 1.54) is 0 Å². The molecule has 1 aliphatic carbocycles. The fourth-order valence-electron chi connectivity index (χ4n) is 3.59.